The molecule has 1 aliphatic rings. The third kappa shape index (κ3) is 3.72. The molecule has 0 spiro atoms. The standard InChI is InChI=1S/C16H20N4O4/c21-6-3-12-10-20(16(23)14-8-18-15(22)9-17-14)5-4-19(12)11-13-2-1-7-24-13/h1-2,7-9,12,21H,3-6,10-11H2,(H,18,22)/t12-/m1/s1. The minimum Gasteiger partial charge on any atom is -0.468 e. The van der Waals surface area contributed by atoms with Gasteiger partial charge in [-0.15, -0.1) is 0 Å². The molecule has 0 radical (unpaired) electrons. The Morgan fingerprint density at radius 2 is 2.33 bits per heavy atom. The number of aromatic amines is 1. The van der Waals surface area contributed by atoms with Gasteiger partial charge in [-0.05, 0) is 18.6 Å². The first kappa shape index (κ1) is 16.4. The van der Waals surface area contributed by atoms with Crippen molar-refractivity contribution in [2.45, 2.75) is 19.0 Å². The molecule has 8 nitrogen and oxygen atoms in total. The maximum Gasteiger partial charge on any atom is 0.274 e. The van der Waals surface area contributed by atoms with Gasteiger partial charge in [0.05, 0.1) is 19.0 Å². The van der Waals surface area contributed by atoms with Gasteiger partial charge in [-0.25, -0.2) is 4.98 Å². The van der Waals surface area contributed by atoms with Crippen molar-refractivity contribution in [1.82, 2.24) is 19.8 Å². The number of amides is 1. The second-order valence-electron chi connectivity index (χ2n) is 5.76. The van der Waals surface area contributed by atoms with Gasteiger partial charge in [0.25, 0.3) is 11.5 Å². The van der Waals surface area contributed by atoms with E-state index >= 15 is 0 Å². The summed E-state index contributed by atoms with van der Waals surface area (Å²) in [6.45, 7) is 2.44. The zero-order chi connectivity index (χ0) is 16.9. The number of furan rings is 1. The first-order valence-electron chi connectivity index (χ1n) is 7.88. The molecule has 1 fully saturated rings. The summed E-state index contributed by atoms with van der Waals surface area (Å²) in [6, 6.07) is 3.80. The maximum atomic E-state index is 12.5. The first-order chi connectivity index (χ1) is 11.7. The number of carbonyl (C=O) groups excluding carboxylic acids is 1. The monoisotopic (exact) mass is 332 g/mol. The molecule has 3 rings (SSSR count). The Hall–Kier alpha value is -2.45. The molecule has 2 N–H and O–H groups in total. The second kappa shape index (κ2) is 7.41. The molecule has 0 aromatic carbocycles. The number of hydrogen-bond acceptors (Lipinski definition) is 6. The van der Waals surface area contributed by atoms with Gasteiger partial charge in [0, 0.05) is 38.5 Å². The van der Waals surface area contributed by atoms with Gasteiger partial charge in [-0.3, -0.25) is 14.5 Å². The highest BCUT2D eigenvalue weighted by molar-refractivity contribution is 5.92. The molecule has 0 saturated carbocycles. The van der Waals surface area contributed by atoms with Gasteiger partial charge >= 0.3 is 0 Å². The van der Waals surface area contributed by atoms with E-state index in [4.69, 9.17) is 4.42 Å². The van der Waals surface area contributed by atoms with Crippen molar-refractivity contribution in [3.8, 4) is 0 Å². The fourth-order valence-electron chi connectivity index (χ4n) is 2.93. The lowest BCUT2D eigenvalue weighted by atomic mass is 10.1. The molecular weight excluding hydrogens is 312 g/mol. The molecule has 0 unspecified atom stereocenters. The smallest absolute Gasteiger partial charge is 0.274 e. The van der Waals surface area contributed by atoms with E-state index in [2.05, 4.69) is 14.9 Å². The Morgan fingerprint density at radius 3 is 3.00 bits per heavy atom. The van der Waals surface area contributed by atoms with Gasteiger partial charge in [0.1, 0.15) is 11.5 Å². The van der Waals surface area contributed by atoms with Crippen LogP contribution in [-0.4, -0.2) is 63.1 Å². The van der Waals surface area contributed by atoms with Crippen molar-refractivity contribution >= 4 is 5.91 Å². The molecule has 128 valence electrons. The summed E-state index contributed by atoms with van der Waals surface area (Å²) in [5.74, 6) is 0.645. The van der Waals surface area contributed by atoms with Crippen LogP contribution in [0.2, 0.25) is 0 Å². The second-order valence-corrected chi connectivity index (χ2v) is 5.76. The molecule has 2 aromatic rings. The minimum absolute atomic E-state index is 0.0422. The van der Waals surface area contributed by atoms with Gasteiger partial charge in [0.15, 0.2) is 0 Å². The number of H-pyrrole nitrogens is 1. The number of nitrogens with zero attached hydrogens (tertiary/aromatic N) is 3. The van der Waals surface area contributed by atoms with E-state index in [-0.39, 0.29) is 29.8 Å². The van der Waals surface area contributed by atoms with Crippen LogP contribution in [-0.2, 0) is 6.54 Å². The number of nitrogens with one attached hydrogen (secondary N) is 1. The zero-order valence-corrected chi connectivity index (χ0v) is 13.2. The summed E-state index contributed by atoms with van der Waals surface area (Å²) >= 11 is 0. The van der Waals surface area contributed by atoms with E-state index in [0.717, 1.165) is 12.0 Å². The number of piperazine rings is 1. The van der Waals surface area contributed by atoms with Crippen molar-refractivity contribution < 1.29 is 14.3 Å². The normalized spacial score (nSPS) is 18.7. The number of aliphatic hydroxyl groups is 1. The van der Waals surface area contributed by atoms with Gasteiger partial charge in [-0.1, -0.05) is 0 Å². The lowest BCUT2D eigenvalue weighted by Gasteiger charge is -2.40. The topological polar surface area (TPSA) is 103 Å². The molecule has 1 amide bonds. The Labute approximate surface area is 138 Å². The van der Waals surface area contributed by atoms with Crippen molar-refractivity contribution in [2.75, 3.05) is 26.2 Å². The molecule has 3 heterocycles. The number of hydrogen-bond donors (Lipinski definition) is 2. The highest BCUT2D eigenvalue weighted by atomic mass is 16.3. The van der Waals surface area contributed by atoms with Crippen LogP contribution >= 0.6 is 0 Å². The molecule has 8 heteroatoms. The average molecular weight is 332 g/mol. The summed E-state index contributed by atoms with van der Waals surface area (Å²) in [4.78, 5) is 33.9. The summed E-state index contributed by atoms with van der Waals surface area (Å²) in [5, 5.41) is 9.33. The predicted molar refractivity (Wildman–Crippen MR) is 85.4 cm³/mol. The number of aliphatic hydroxyl groups excluding tert-OH is 1. The third-order valence-electron chi connectivity index (χ3n) is 4.18. The van der Waals surface area contributed by atoms with Crippen LogP contribution in [0.3, 0.4) is 0 Å². The largest absolute Gasteiger partial charge is 0.468 e. The van der Waals surface area contributed by atoms with Crippen molar-refractivity contribution in [1.29, 1.82) is 0 Å². The number of aromatic nitrogens is 2. The third-order valence-corrected chi connectivity index (χ3v) is 4.18. The fraction of sp³-hybridized carbons (Fsp3) is 0.438. The molecule has 1 saturated heterocycles. The van der Waals surface area contributed by atoms with Crippen LogP contribution in [0, 0.1) is 0 Å². The van der Waals surface area contributed by atoms with Crippen molar-refractivity contribution in [3.05, 3.63) is 52.6 Å². The van der Waals surface area contributed by atoms with E-state index in [9.17, 15) is 14.7 Å². The lowest BCUT2D eigenvalue weighted by molar-refractivity contribution is 0.0368. The van der Waals surface area contributed by atoms with Crippen molar-refractivity contribution in [2.24, 2.45) is 0 Å². The lowest BCUT2D eigenvalue weighted by Crippen LogP contribution is -2.54. The quantitative estimate of drug-likeness (QED) is 0.803. The highest BCUT2D eigenvalue weighted by Crippen LogP contribution is 2.18. The minimum atomic E-state index is -0.340. The Balaban J connectivity index is 1.68. The van der Waals surface area contributed by atoms with E-state index < -0.39 is 0 Å². The molecule has 0 bridgehead atoms. The van der Waals surface area contributed by atoms with Crippen LogP contribution in [0.1, 0.15) is 22.7 Å². The molecule has 1 aliphatic heterocycles. The SMILES string of the molecule is O=C(c1c[nH]c(=O)cn1)N1CCN(Cc2ccco2)[C@H](CCO)C1. The maximum absolute atomic E-state index is 12.5. The van der Waals surface area contributed by atoms with Crippen LogP contribution in [0.15, 0.2) is 40.0 Å². The van der Waals surface area contributed by atoms with Crippen LogP contribution in [0.5, 0.6) is 0 Å². The fourth-order valence-corrected chi connectivity index (χ4v) is 2.93. The van der Waals surface area contributed by atoms with Crippen LogP contribution < -0.4 is 5.56 Å². The predicted octanol–water partition coefficient (Wildman–Crippen LogP) is 0.0719. The number of rotatable bonds is 5. The van der Waals surface area contributed by atoms with Crippen LogP contribution in [0.4, 0.5) is 0 Å². The van der Waals surface area contributed by atoms with Crippen molar-refractivity contribution in [3.63, 3.8) is 0 Å². The Bertz CT molecular complexity index is 707. The van der Waals surface area contributed by atoms with Gasteiger partial charge < -0.3 is 19.4 Å². The summed E-state index contributed by atoms with van der Waals surface area (Å²) < 4.78 is 5.39. The zero-order valence-electron chi connectivity index (χ0n) is 13.2. The van der Waals surface area contributed by atoms with E-state index in [1.54, 1.807) is 11.2 Å². The summed E-state index contributed by atoms with van der Waals surface area (Å²) in [7, 11) is 0. The van der Waals surface area contributed by atoms with E-state index in [1.165, 1.54) is 6.20 Å². The Kier molecular flexibility index (Phi) is 5.07. The molecule has 2 aromatic heterocycles. The first-order valence-corrected chi connectivity index (χ1v) is 7.88. The summed E-state index contributed by atoms with van der Waals surface area (Å²) in [5.41, 5.74) is -0.121. The Morgan fingerprint density at radius 1 is 1.46 bits per heavy atom. The van der Waals surface area contributed by atoms with Gasteiger partial charge in [0.2, 0.25) is 0 Å². The molecule has 1 atom stereocenters. The highest BCUT2D eigenvalue weighted by Gasteiger charge is 2.30. The van der Waals surface area contributed by atoms with Gasteiger partial charge in [-0.2, -0.15) is 0 Å². The molecular formula is C16H20N4O4. The number of carbonyl (C=O) groups is 1. The molecule has 24 heavy (non-hydrogen) atoms. The summed E-state index contributed by atoms with van der Waals surface area (Å²) in [6.07, 6.45) is 4.65. The van der Waals surface area contributed by atoms with Crippen LogP contribution in [0.25, 0.3) is 0 Å². The average Bonchev–Trinajstić information content (AvgIpc) is 3.10. The van der Waals surface area contributed by atoms with E-state index in [1.807, 2.05) is 12.1 Å². The molecule has 0 aliphatic carbocycles. The van der Waals surface area contributed by atoms with E-state index in [0.29, 0.717) is 32.6 Å².